The minimum absolute atomic E-state index is 0.0631. The summed E-state index contributed by atoms with van der Waals surface area (Å²) in [7, 11) is 2.06. The van der Waals surface area contributed by atoms with E-state index in [4.69, 9.17) is 10.5 Å². The van der Waals surface area contributed by atoms with Crippen LogP contribution in [0.1, 0.15) is 16.8 Å². The molecule has 5 heteroatoms. The molecule has 0 saturated carbocycles. The number of nitrogens with zero attached hydrogens (tertiary/aromatic N) is 1. The molecule has 0 bridgehead atoms. The summed E-state index contributed by atoms with van der Waals surface area (Å²) in [5.74, 6) is 0.852. The Kier molecular flexibility index (Phi) is 4.37. The molecule has 0 aliphatic carbocycles. The predicted molar refractivity (Wildman–Crippen MR) is 74.1 cm³/mol. The number of Topliss-reactive ketones (excluding diaryl/α,β-unsaturated/α-hetero) is 1. The Morgan fingerprint density at radius 1 is 1.56 bits per heavy atom. The molecular formula is C13H17BrN2O2. The quantitative estimate of drug-likeness (QED) is 0.840. The van der Waals surface area contributed by atoms with Gasteiger partial charge in [-0.05, 0) is 47.7 Å². The first-order valence-corrected chi connectivity index (χ1v) is 6.77. The summed E-state index contributed by atoms with van der Waals surface area (Å²) in [5, 5.41) is 0. The monoisotopic (exact) mass is 312 g/mol. The Morgan fingerprint density at radius 2 is 2.28 bits per heavy atom. The lowest BCUT2D eigenvalue weighted by atomic mass is 10.1. The first-order valence-electron chi connectivity index (χ1n) is 5.98. The normalized spacial score (nSPS) is 16.4. The average Bonchev–Trinajstić information content (AvgIpc) is 2.29. The van der Waals surface area contributed by atoms with Gasteiger partial charge in [0.15, 0.2) is 5.78 Å². The summed E-state index contributed by atoms with van der Waals surface area (Å²) in [6.07, 6.45) is 0.622. The maximum Gasteiger partial charge on any atom is 0.164 e. The zero-order chi connectivity index (χ0) is 13.1. The van der Waals surface area contributed by atoms with Crippen LogP contribution in [0.2, 0.25) is 0 Å². The van der Waals surface area contributed by atoms with E-state index in [1.165, 1.54) is 0 Å². The van der Waals surface area contributed by atoms with Crippen LogP contribution >= 0.6 is 15.9 Å². The number of hydrogen-bond acceptors (Lipinski definition) is 4. The molecule has 0 atom stereocenters. The minimum Gasteiger partial charge on any atom is -0.487 e. The second-order valence-electron chi connectivity index (χ2n) is 4.57. The van der Waals surface area contributed by atoms with Gasteiger partial charge in [-0.25, -0.2) is 0 Å². The largest absolute Gasteiger partial charge is 0.487 e. The molecule has 0 spiro atoms. The molecule has 1 heterocycles. The zero-order valence-electron chi connectivity index (χ0n) is 10.4. The van der Waals surface area contributed by atoms with Crippen molar-refractivity contribution < 1.29 is 9.53 Å². The predicted octanol–water partition coefficient (Wildman–Crippen LogP) is 1.67. The Bertz CT molecular complexity index is 445. The van der Waals surface area contributed by atoms with Gasteiger partial charge in [0.25, 0.3) is 0 Å². The van der Waals surface area contributed by atoms with Crippen LogP contribution in [0, 0.1) is 0 Å². The highest BCUT2D eigenvalue weighted by Crippen LogP contribution is 2.28. The van der Waals surface area contributed by atoms with E-state index in [-0.39, 0.29) is 11.9 Å². The van der Waals surface area contributed by atoms with Gasteiger partial charge >= 0.3 is 0 Å². The van der Waals surface area contributed by atoms with Crippen LogP contribution in [0.4, 0.5) is 0 Å². The van der Waals surface area contributed by atoms with Gasteiger partial charge in [0.1, 0.15) is 11.9 Å². The molecule has 1 aromatic rings. The molecule has 0 amide bonds. The number of benzene rings is 1. The van der Waals surface area contributed by atoms with Crippen LogP contribution in [-0.2, 0) is 0 Å². The van der Waals surface area contributed by atoms with Crippen LogP contribution in [0.3, 0.4) is 0 Å². The average molecular weight is 313 g/mol. The summed E-state index contributed by atoms with van der Waals surface area (Å²) >= 11 is 3.44. The van der Waals surface area contributed by atoms with E-state index >= 15 is 0 Å². The van der Waals surface area contributed by atoms with Crippen LogP contribution in [-0.4, -0.2) is 43.5 Å². The lowest BCUT2D eigenvalue weighted by Gasteiger charge is -2.36. The van der Waals surface area contributed by atoms with Gasteiger partial charge < -0.3 is 10.5 Å². The van der Waals surface area contributed by atoms with Gasteiger partial charge in [0, 0.05) is 25.1 Å². The summed E-state index contributed by atoms with van der Waals surface area (Å²) in [4.78, 5) is 13.9. The van der Waals surface area contributed by atoms with E-state index in [1.54, 1.807) is 12.1 Å². The number of ketones is 1. The van der Waals surface area contributed by atoms with E-state index in [0.717, 1.165) is 23.3 Å². The van der Waals surface area contributed by atoms with Gasteiger partial charge in [-0.15, -0.1) is 0 Å². The molecule has 0 aromatic heterocycles. The van der Waals surface area contributed by atoms with Crippen LogP contribution in [0.5, 0.6) is 5.75 Å². The summed E-state index contributed by atoms with van der Waals surface area (Å²) in [6.45, 7) is 2.27. The molecule has 1 aliphatic heterocycles. The number of likely N-dealkylation sites (tertiary alicyclic amines) is 1. The Hall–Kier alpha value is -0.910. The molecule has 1 fully saturated rings. The molecule has 2 N–H and O–H groups in total. The van der Waals surface area contributed by atoms with E-state index in [9.17, 15) is 4.79 Å². The van der Waals surface area contributed by atoms with Crippen LogP contribution < -0.4 is 10.5 Å². The van der Waals surface area contributed by atoms with Crippen LogP contribution in [0.25, 0.3) is 0 Å². The number of likely N-dealkylation sites (N-methyl/N-ethyl adjacent to an activating group) is 1. The van der Waals surface area contributed by atoms with Gasteiger partial charge in [-0.2, -0.15) is 0 Å². The van der Waals surface area contributed by atoms with Crippen molar-refractivity contribution in [3.8, 4) is 5.75 Å². The van der Waals surface area contributed by atoms with Gasteiger partial charge in [0.2, 0.25) is 0 Å². The Labute approximate surface area is 115 Å². The van der Waals surface area contributed by atoms with Gasteiger partial charge in [0.05, 0.1) is 4.47 Å². The van der Waals surface area contributed by atoms with E-state index in [1.807, 2.05) is 6.07 Å². The topological polar surface area (TPSA) is 55.6 Å². The summed E-state index contributed by atoms with van der Waals surface area (Å²) in [5.41, 5.74) is 6.05. The highest BCUT2D eigenvalue weighted by atomic mass is 79.9. The molecule has 0 unspecified atom stereocenters. The second kappa shape index (κ2) is 5.82. The van der Waals surface area contributed by atoms with Crippen molar-refractivity contribution in [3.05, 3.63) is 28.2 Å². The molecule has 1 aromatic carbocycles. The molecule has 18 heavy (non-hydrogen) atoms. The highest BCUT2D eigenvalue weighted by Gasteiger charge is 2.25. The zero-order valence-corrected chi connectivity index (χ0v) is 11.9. The first kappa shape index (κ1) is 13.5. The fourth-order valence-corrected chi connectivity index (χ4v) is 2.41. The Balaban J connectivity index is 2.03. The van der Waals surface area contributed by atoms with Crippen molar-refractivity contribution in [2.75, 3.05) is 26.7 Å². The third-order valence-electron chi connectivity index (χ3n) is 2.95. The second-order valence-corrected chi connectivity index (χ2v) is 5.42. The number of nitrogens with two attached hydrogens (primary N) is 1. The standard InChI is InChI=1S/C13H17BrN2O2/c1-16-7-10(8-16)18-13-3-2-9(6-11(13)14)12(17)4-5-15/h2-3,6,10H,4-5,7-8,15H2,1H3. The molecule has 1 saturated heterocycles. The first-order chi connectivity index (χ1) is 8.60. The molecule has 0 radical (unpaired) electrons. The number of halogens is 1. The smallest absolute Gasteiger partial charge is 0.164 e. The molecular weight excluding hydrogens is 296 g/mol. The maximum atomic E-state index is 11.7. The molecule has 98 valence electrons. The lowest BCUT2D eigenvalue weighted by Crippen LogP contribution is -2.51. The third kappa shape index (κ3) is 3.10. The van der Waals surface area contributed by atoms with Crippen LogP contribution in [0.15, 0.2) is 22.7 Å². The maximum absolute atomic E-state index is 11.7. The van der Waals surface area contributed by atoms with E-state index in [2.05, 4.69) is 27.9 Å². The highest BCUT2D eigenvalue weighted by molar-refractivity contribution is 9.10. The van der Waals surface area contributed by atoms with E-state index < -0.39 is 0 Å². The fraction of sp³-hybridized carbons (Fsp3) is 0.462. The van der Waals surface area contributed by atoms with Crippen molar-refractivity contribution in [1.29, 1.82) is 0 Å². The fourth-order valence-electron chi connectivity index (χ4n) is 1.94. The van der Waals surface area contributed by atoms with Crippen molar-refractivity contribution in [3.63, 3.8) is 0 Å². The minimum atomic E-state index is 0.0631. The Morgan fingerprint density at radius 3 is 2.83 bits per heavy atom. The number of carbonyl (C=O) groups excluding carboxylic acids is 1. The molecule has 2 rings (SSSR count). The van der Waals surface area contributed by atoms with Crippen molar-refractivity contribution in [1.82, 2.24) is 4.90 Å². The van der Waals surface area contributed by atoms with Crippen molar-refractivity contribution in [2.45, 2.75) is 12.5 Å². The summed E-state index contributed by atoms with van der Waals surface area (Å²) in [6, 6.07) is 5.43. The molecule has 4 nitrogen and oxygen atoms in total. The number of carbonyl (C=O) groups is 1. The molecule has 1 aliphatic rings. The third-order valence-corrected chi connectivity index (χ3v) is 3.57. The van der Waals surface area contributed by atoms with Gasteiger partial charge in [-0.1, -0.05) is 0 Å². The van der Waals surface area contributed by atoms with Crippen molar-refractivity contribution >= 4 is 21.7 Å². The number of hydrogen-bond donors (Lipinski definition) is 1. The van der Waals surface area contributed by atoms with E-state index in [0.29, 0.717) is 18.5 Å². The number of rotatable bonds is 5. The van der Waals surface area contributed by atoms with Gasteiger partial charge in [-0.3, -0.25) is 9.69 Å². The van der Waals surface area contributed by atoms with Crippen molar-refractivity contribution in [2.24, 2.45) is 5.73 Å². The summed E-state index contributed by atoms with van der Waals surface area (Å²) < 4.78 is 6.64. The number of ether oxygens (including phenoxy) is 1. The lowest BCUT2D eigenvalue weighted by molar-refractivity contribution is 0.0383. The SMILES string of the molecule is CN1CC(Oc2ccc(C(=O)CCN)cc2Br)C1.